The molecular formula is C18H22N2O2. The van der Waals surface area contributed by atoms with Crippen LogP contribution < -0.4 is 10.1 Å². The third-order valence-electron chi connectivity index (χ3n) is 3.29. The maximum absolute atomic E-state index is 12.1. The highest BCUT2D eigenvalue weighted by Crippen LogP contribution is 2.12. The summed E-state index contributed by atoms with van der Waals surface area (Å²) >= 11 is 0. The van der Waals surface area contributed by atoms with Crippen molar-refractivity contribution < 1.29 is 9.53 Å². The highest BCUT2D eigenvalue weighted by atomic mass is 16.5. The molecule has 0 unspecified atom stereocenters. The second-order valence-corrected chi connectivity index (χ2v) is 5.08. The van der Waals surface area contributed by atoms with Crippen LogP contribution >= 0.6 is 0 Å². The summed E-state index contributed by atoms with van der Waals surface area (Å²) in [5, 5.41) is 2.92. The number of ether oxygens (including phenoxy) is 1. The van der Waals surface area contributed by atoms with Crippen LogP contribution in [0.4, 0.5) is 4.79 Å². The lowest BCUT2D eigenvalue weighted by Crippen LogP contribution is -2.36. The van der Waals surface area contributed by atoms with Crippen molar-refractivity contribution in [3.8, 4) is 5.75 Å². The summed E-state index contributed by atoms with van der Waals surface area (Å²) in [5.41, 5.74) is 2.16. The molecule has 2 aromatic carbocycles. The van der Waals surface area contributed by atoms with Gasteiger partial charge in [-0.05, 0) is 30.2 Å². The Balaban J connectivity index is 1.81. The smallest absolute Gasteiger partial charge is 0.317 e. The molecule has 0 aromatic heterocycles. The number of rotatable bonds is 6. The van der Waals surface area contributed by atoms with Gasteiger partial charge in [0.1, 0.15) is 5.75 Å². The Hall–Kier alpha value is -2.49. The molecule has 0 radical (unpaired) electrons. The second-order valence-electron chi connectivity index (χ2n) is 5.08. The van der Waals surface area contributed by atoms with Crippen LogP contribution in [0, 0.1) is 0 Å². The van der Waals surface area contributed by atoms with E-state index in [9.17, 15) is 4.79 Å². The predicted octanol–water partition coefficient (Wildman–Crippen LogP) is 3.43. The van der Waals surface area contributed by atoms with E-state index in [1.807, 2.05) is 61.5 Å². The molecule has 4 heteroatoms. The van der Waals surface area contributed by atoms with Crippen LogP contribution in [0.5, 0.6) is 5.75 Å². The lowest BCUT2D eigenvalue weighted by Gasteiger charge is -2.18. The number of nitrogens with one attached hydrogen (secondary N) is 1. The Labute approximate surface area is 131 Å². The van der Waals surface area contributed by atoms with Crippen LogP contribution in [0.1, 0.15) is 18.1 Å². The Bertz CT molecular complexity index is 582. The number of hydrogen-bond donors (Lipinski definition) is 1. The molecule has 4 nitrogen and oxygen atoms in total. The third kappa shape index (κ3) is 4.81. The number of nitrogens with zero attached hydrogens (tertiary/aromatic N) is 1. The van der Waals surface area contributed by atoms with Gasteiger partial charge < -0.3 is 15.0 Å². The molecule has 22 heavy (non-hydrogen) atoms. The number of benzene rings is 2. The van der Waals surface area contributed by atoms with Crippen molar-refractivity contribution in [1.82, 2.24) is 10.2 Å². The Morgan fingerprint density at radius 2 is 1.73 bits per heavy atom. The van der Waals surface area contributed by atoms with Gasteiger partial charge in [0.2, 0.25) is 0 Å². The van der Waals surface area contributed by atoms with Crippen molar-refractivity contribution in [3.63, 3.8) is 0 Å². The van der Waals surface area contributed by atoms with E-state index in [-0.39, 0.29) is 6.03 Å². The summed E-state index contributed by atoms with van der Waals surface area (Å²) in [5.74, 6) is 0.846. The number of carbonyl (C=O) groups excluding carboxylic acids is 1. The molecule has 2 amide bonds. The molecule has 0 bridgehead atoms. The first-order chi connectivity index (χ1) is 10.7. The van der Waals surface area contributed by atoms with Crippen LogP contribution in [0.25, 0.3) is 0 Å². The molecule has 0 spiro atoms. The minimum absolute atomic E-state index is 0.0854. The Morgan fingerprint density at radius 3 is 2.36 bits per heavy atom. The Morgan fingerprint density at radius 1 is 1.05 bits per heavy atom. The van der Waals surface area contributed by atoms with Gasteiger partial charge in [-0.3, -0.25) is 0 Å². The topological polar surface area (TPSA) is 41.6 Å². The minimum atomic E-state index is -0.0854. The molecule has 0 saturated carbocycles. The van der Waals surface area contributed by atoms with E-state index >= 15 is 0 Å². The van der Waals surface area contributed by atoms with Crippen molar-refractivity contribution in [3.05, 3.63) is 65.7 Å². The van der Waals surface area contributed by atoms with Crippen molar-refractivity contribution in [1.29, 1.82) is 0 Å². The van der Waals surface area contributed by atoms with E-state index < -0.39 is 0 Å². The van der Waals surface area contributed by atoms with Gasteiger partial charge in [-0.15, -0.1) is 0 Å². The molecular weight excluding hydrogens is 276 g/mol. The fourth-order valence-electron chi connectivity index (χ4n) is 2.11. The van der Waals surface area contributed by atoms with Gasteiger partial charge in [-0.25, -0.2) is 4.79 Å². The summed E-state index contributed by atoms with van der Waals surface area (Å²) in [6, 6.07) is 17.6. The normalized spacial score (nSPS) is 10.1. The SMILES string of the molecule is CCOc1ccc(CNC(=O)N(C)Cc2ccccc2)cc1. The van der Waals surface area contributed by atoms with Crippen molar-refractivity contribution in [2.75, 3.05) is 13.7 Å². The number of carbonyl (C=O) groups is 1. The van der Waals surface area contributed by atoms with E-state index in [4.69, 9.17) is 4.74 Å². The van der Waals surface area contributed by atoms with Crippen LogP contribution in [-0.2, 0) is 13.1 Å². The molecule has 2 aromatic rings. The maximum atomic E-state index is 12.1. The summed E-state index contributed by atoms with van der Waals surface area (Å²) in [6.45, 7) is 3.71. The molecule has 0 aliphatic rings. The van der Waals surface area contributed by atoms with Crippen molar-refractivity contribution >= 4 is 6.03 Å². The van der Waals surface area contributed by atoms with Gasteiger partial charge in [0.15, 0.2) is 0 Å². The van der Waals surface area contributed by atoms with Crippen LogP contribution in [0.2, 0.25) is 0 Å². The van der Waals surface area contributed by atoms with Gasteiger partial charge >= 0.3 is 6.03 Å². The number of urea groups is 1. The van der Waals surface area contributed by atoms with Gasteiger partial charge in [-0.1, -0.05) is 42.5 Å². The summed E-state index contributed by atoms with van der Waals surface area (Å²) < 4.78 is 5.40. The first kappa shape index (κ1) is 15.9. The van der Waals surface area contributed by atoms with Crippen LogP contribution in [0.15, 0.2) is 54.6 Å². The predicted molar refractivity (Wildman–Crippen MR) is 87.8 cm³/mol. The Kier molecular flexibility index (Phi) is 5.83. The standard InChI is InChI=1S/C18H22N2O2/c1-3-22-17-11-9-15(10-12-17)13-19-18(21)20(2)14-16-7-5-4-6-8-16/h4-12H,3,13-14H2,1-2H3,(H,19,21). The van der Waals surface area contributed by atoms with Crippen molar-refractivity contribution in [2.24, 2.45) is 0 Å². The fourth-order valence-corrected chi connectivity index (χ4v) is 2.11. The molecule has 2 rings (SSSR count). The molecule has 0 heterocycles. The lowest BCUT2D eigenvalue weighted by atomic mass is 10.2. The summed E-state index contributed by atoms with van der Waals surface area (Å²) in [7, 11) is 1.79. The van der Waals surface area contributed by atoms with E-state index in [0.717, 1.165) is 16.9 Å². The maximum Gasteiger partial charge on any atom is 0.317 e. The zero-order valence-electron chi connectivity index (χ0n) is 13.1. The van der Waals surface area contributed by atoms with Gasteiger partial charge in [0, 0.05) is 20.1 Å². The molecule has 0 aliphatic heterocycles. The first-order valence-corrected chi connectivity index (χ1v) is 7.43. The summed E-state index contributed by atoms with van der Waals surface area (Å²) in [6.07, 6.45) is 0. The van der Waals surface area contributed by atoms with E-state index in [1.54, 1.807) is 11.9 Å². The lowest BCUT2D eigenvalue weighted by molar-refractivity contribution is 0.206. The monoisotopic (exact) mass is 298 g/mol. The van der Waals surface area contributed by atoms with Gasteiger partial charge in [-0.2, -0.15) is 0 Å². The zero-order chi connectivity index (χ0) is 15.8. The molecule has 116 valence electrons. The van der Waals surface area contributed by atoms with E-state index in [1.165, 1.54) is 0 Å². The van der Waals surface area contributed by atoms with Crippen LogP contribution in [-0.4, -0.2) is 24.6 Å². The number of hydrogen-bond acceptors (Lipinski definition) is 2. The minimum Gasteiger partial charge on any atom is -0.494 e. The first-order valence-electron chi connectivity index (χ1n) is 7.43. The molecule has 0 fully saturated rings. The van der Waals surface area contributed by atoms with E-state index in [2.05, 4.69) is 5.32 Å². The third-order valence-corrected chi connectivity index (χ3v) is 3.29. The second kappa shape index (κ2) is 8.08. The highest BCUT2D eigenvalue weighted by molar-refractivity contribution is 5.73. The molecule has 0 saturated heterocycles. The summed E-state index contributed by atoms with van der Waals surface area (Å²) in [4.78, 5) is 13.8. The average Bonchev–Trinajstić information content (AvgIpc) is 2.55. The molecule has 0 aliphatic carbocycles. The average molecular weight is 298 g/mol. The van der Waals surface area contributed by atoms with E-state index in [0.29, 0.717) is 19.7 Å². The molecule has 1 N–H and O–H groups in total. The van der Waals surface area contributed by atoms with Crippen LogP contribution in [0.3, 0.4) is 0 Å². The zero-order valence-corrected chi connectivity index (χ0v) is 13.1. The largest absolute Gasteiger partial charge is 0.494 e. The molecule has 0 atom stereocenters. The van der Waals surface area contributed by atoms with Crippen molar-refractivity contribution in [2.45, 2.75) is 20.0 Å². The number of amides is 2. The van der Waals surface area contributed by atoms with Gasteiger partial charge in [0.05, 0.1) is 6.61 Å². The fraction of sp³-hybridized carbons (Fsp3) is 0.278. The highest BCUT2D eigenvalue weighted by Gasteiger charge is 2.08. The quantitative estimate of drug-likeness (QED) is 0.887. The van der Waals surface area contributed by atoms with Gasteiger partial charge in [0.25, 0.3) is 0 Å².